The van der Waals surface area contributed by atoms with Gasteiger partial charge in [0.2, 0.25) is 0 Å². The number of thiocarbonyl (C=S) groups is 1. The van der Waals surface area contributed by atoms with Crippen molar-refractivity contribution in [1.82, 2.24) is 10.6 Å². The fourth-order valence-corrected chi connectivity index (χ4v) is 2.39. The van der Waals surface area contributed by atoms with Crippen LogP contribution in [0.3, 0.4) is 0 Å². The first-order valence-electron chi connectivity index (χ1n) is 6.99. The van der Waals surface area contributed by atoms with E-state index in [-0.39, 0.29) is 23.9 Å². The second-order valence-electron chi connectivity index (χ2n) is 5.17. The summed E-state index contributed by atoms with van der Waals surface area (Å²) in [5.74, 6) is -0.200. The molecule has 1 saturated heterocycles. The predicted molar refractivity (Wildman–Crippen MR) is 86.3 cm³/mol. The lowest BCUT2D eigenvalue weighted by Crippen LogP contribution is -2.32. The molecule has 112 valence electrons. The molecule has 1 aromatic carbocycles. The van der Waals surface area contributed by atoms with Crippen LogP contribution in [0.1, 0.15) is 37.6 Å². The van der Waals surface area contributed by atoms with Crippen molar-refractivity contribution in [1.29, 1.82) is 0 Å². The van der Waals surface area contributed by atoms with Gasteiger partial charge in [0.05, 0.1) is 5.69 Å². The summed E-state index contributed by atoms with van der Waals surface area (Å²) in [5, 5.41) is 6.21. The van der Waals surface area contributed by atoms with E-state index in [0.717, 1.165) is 6.42 Å². The topological polar surface area (TPSA) is 61.4 Å². The Morgan fingerprint density at radius 2 is 2.05 bits per heavy atom. The molecule has 2 N–H and O–H groups in total. The highest BCUT2D eigenvalue weighted by Crippen LogP contribution is 2.20. The highest BCUT2D eigenvalue weighted by Gasteiger charge is 2.33. The van der Waals surface area contributed by atoms with Gasteiger partial charge in [0, 0.05) is 11.6 Å². The number of hydrogen-bond acceptors (Lipinski definition) is 3. The average Bonchev–Trinajstić information content (AvgIpc) is 2.72. The molecular weight excluding hydrogens is 286 g/mol. The molecule has 2 rings (SSSR count). The van der Waals surface area contributed by atoms with Crippen molar-refractivity contribution in [3.63, 3.8) is 0 Å². The summed E-state index contributed by atoms with van der Waals surface area (Å²) in [4.78, 5) is 25.5. The van der Waals surface area contributed by atoms with Crippen LogP contribution < -0.4 is 15.5 Å². The fraction of sp³-hybridized carbons (Fsp3) is 0.400. The number of nitrogens with zero attached hydrogens (tertiary/aromatic N) is 1. The number of nitrogens with one attached hydrogen (secondary N) is 2. The third kappa shape index (κ3) is 3.21. The molecule has 0 bridgehead atoms. The molecule has 1 aliphatic rings. The molecule has 2 atom stereocenters. The first-order chi connectivity index (χ1) is 9.93. The lowest BCUT2D eigenvalue weighted by molar-refractivity contribution is -0.117. The van der Waals surface area contributed by atoms with Gasteiger partial charge in [0.25, 0.3) is 11.8 Å². The van der Waals surface area contributed by atoms with E-state index in [2.05, 4.69) is 10.6 Å². The number of hydrogen-bond donors (Lipinski definition) is 2. The van der Waals surface area contributed by atoms with Gasteiger partial charge in [0.15, 0.2) is 5.11 Å². The Kier molecular flexibility index (Phi) is 4.57. The zero-order valence-electron chi connectivity index (χ0n) is 12.3. The van der Waals surface area contributed by atoms with Gasteiger partial charge in [-0.05, 0) is 56.8 Å². The minimum Gasteiger partial charge on any atom is -0.350 e. The van der Waals surface area contributed by atoms with Crippen LogP contribution in [0.4, 0.5) is 5.69 Å². The molecule has 0 unspecified atom stereocenters. The zero-order valence-corrected chi connectivity index (χ0v) is 13.2. The van der Waals surface area contributed by atoms with Crippen molar-refractivity contribution in [2.75, 3.05) is 4.90 Å². The molecule has 0 spiro atoms. The molecule has 0 aliphatic carbocycles. The Hall–Kier alpha value is -1.95. The van der Waals surface area contributed by atoms with E-state index in [1.54, 1.807) is 31.2 Å². The summed E-state index contributed by atoms with van der Waals surface area (Å²) in [7, 11) is 0. The molecule has 0 saturated carbocycles. The number of carbonyl (C=O) groups is 2. The van der Waals surface area contributed by atoms with Crippen molar-refractivity contribution < 1.29 is 9.59 Å². The van der Waals surface area contributed by atoms with Gasteiger partial charge < -0.3 is 10.6 Å². The summed E-state index contributed by atoms with van der Waals surface area (Å²) in [6.45, 7) is 5.74. The number of carbonyl (C=O) groups excluding carboxylic acids is 2. The molecule has 0 radical (unpaired) electrons. The van der Waals surface area contributed by atoms with Crippen LogP contribution in [-0.4, -0.2) is 29.0 Å². The van der Waals surface area contributed by atoms with Gasteiger partial charge in [-0.3, -0.25) is 14.5 Å². The van der Waals surface area contributed by atoms with Gasteiger partial charge >= 0.3 is 0 Å². The zero-order chi connectivity index (χ0) is 15.6. The van der Waals surface area contributed by atoms with Crippen LogP contribution in [-0.2, 0) is 4.79 Å². The Balaban J connectivity index is 2.14. The summed E-state index contributed by atoms with van der Waals surface area (Å²) in [5.41, 5.74) is 1.24. The Morgan fingerprint density at radius 3 is 2.52 bits per heavy atom. The van der Waals surface area contributed by atoms with Crippen LogP contribution >= 0.6 is 12.2 Å². The summed E-state index contributed by atoms with van der Waals surface area (Å²) >= 11 is 5.15. The van der Waals surface area contributed by atoms with Crippen molar-refractivity contribution in [3.8, 4) is 0 Å². The SMILES string of the molecule is CC[C@H](C)NC(=O)c1ccc(N2C(=O)[C@@H](C)NC2=S)cc1. The van der Waals surface area contributed by atoms with Crippen molar-refractivity contribution in [2.45, 2.75) is 39.3 Å². The Morgan fingerprint density at radius 1 is 1.43 bits per heavy atom. The number of benzene rings is 1. The quantitative estimate of drug-likeness (QED) is 0.833. The monoisotopic (exact) mass is 305 g/mol. The largest absolute Gasteiger partial charge is 0.350 e. The van der Waals surface area contributed by atoms with Crippen LogP contribution in [0.25, 0.3) is 0 Å². The third-order valence-electron chi connectivity index (χ3n) is 3.51. The van der Waals surface area contributed by atoms with Crippen LogP contribution in [0, 0.1) is 0 Å². The second-order valence-corrected chi connectivity index (χ2v) is 5.56. The molecule has 0 aromatic heterocycles. The van der Waals surface area contributed by atoms with E-state index in [1.807, 2.05) is 13.8 Å². The molecule has 5 nitrogen and oxygen atoms in total. The van der Waals surface area contributed by atoms with Gasteiger partial charge in [-0.15, -0.1) is 0 Å². The van der Waals surface area contributed by atoms with Gasteiger partial charge in [-0.2, -0.15) is 0 Å². The highest BCUT2D eigenvalue weighted by atomic mass is 32.1. The lowest BCUT2D eigenvalue weighted by Gasteiger charge is -2.16. The minimum atomic E-state index is -0.314. The lowest BCUT2D eigenvalue weighted by atomic mass is 10.1. The molecule has 2 amide bonds. The first kappa shape index (κ1) is 15.4. The summed E-state index contributed by atoms with van der Waals surface area (Å²) in [6.07, 6.45) is 0.879. The van der Waals surface area contributed by atoms with E-state index in [9.17, 15) is 9.59 Å². The highest BCUT2D eigenvalue weighted by molar-refractivity contribution is 7.80. The third-order valence-corrected chi connectivity index (χ3v) is 3.81. The van der Waals surface area contributed by atoms with E-state index in [4.69, 9.17) is 12.2 Å². The van der Waals surface area contributed by atoms with Crippen molar-refractivity contribution in [2.24, 2.45) is 0 Å². The number of rotatable bonds is 4. The van der Waals surface area contributed by atoms with Gasteiger partial charge in [0.1, 0.15) is 6.04 Å². The maximum atomic E-state index is 12.0. The van der Waals surface area contributed by atoms with E-state index in [0.29, 0.717) is 16.4 Å². The molecule has 1 fully saturated rings. The van der Waals surface area contributed by atoms with Crippen molar-refractivity contribution >= 4 is 34.8 Å². The molecule has 1 aliphatic heterocycles. The van der Waals surface area contributed by atoms with Crippen LogP contribution in [0.2, 0.25) is 0 Å². The number of anilines is 1. The molecule has 1 aromatic rings. The van der Waals surface area contributed by atoms with Crippen LogP contribution in [0.5, 0.6) is 0 Å². The fourth-order valence-electron chi connectivity index (χ4n) is 2.02. The van der Waals surface area contributed by atoms with Gasteiger partial charge in [-0.1, -0.05) is 6.92 Å². The summed E-state index contributed by atoms with van der Waals surface area (Å²) < 4.78 is 0. The summed E-state index contributed by atoms with van der Waals surface area (Å²) in [6, 6.07) is 6.68. The maximum Gasteiger partial charge on any atom is 0.255 e. The minimum absolute atomic E-state index is 0.0863. The van der Waals surface area contributed by atoms with E-state index in [1.165, 1.54) is 4.90 Å². The van der Waals surface area contributed by atoms with Gasteiger partial charge in [-0.25, -0.2) is 0 Å². The second kappa shape index (κ2) is 6.22. The normalized spacial score (nSPS) is 19.4. The molecular formula is C15H19N3O2S. The standard InChI is InChI=1S/C15H19N3O2S/c1-4-9(2)16-13(19)11-5-7-12(8-6-11)18-14(20)10(3)17-15(18)21/h5-10H,4H2,1-3H3,(H,16,19)(H,17,21)/t9-,10+/m0/s1. The Labute approximate surface area is 129 Å². The van der Waals surface area contributed by atoms with Crippen LogP contribution in [0.15, 0.2) is 24.3 Å². The first-order valence-corrected chi connectivity index (χ1v) is 7.40. The molecule has 1 heterocycles. The van der Waals surface area contributed by atoms with E-state index >= 15 is 0 Å². The average molecular weight is 305 g/mol. The molecule has 6 heteroatoms. The maximum absolute atomic E-state index is 12.0. The molecule has 21 heavy (non-hydrogen) atoms. The smallest absolute Gasteiger partial charge is 0.255 e. The van der Waals surface area contributed by atoms with Crippen molar-refractivity contribution in [3.05, 3.63) is 29.8 Å². The number of amides is 2. The Bertz CT molecular complexity index is 571. The van der Waals surface area contributed by atoms with E-state index < -0.39 is 0 Å². The predicted octanol–water partition coefficient (Wildman–Crippen LogP) is 1.82.